The van der Waals surface area contributed by atoms with Crippen LogP contribution in [0.25, 0.3) is 0 Å². The van der Waals surface area contributed by atoms with Gasteiger partial charge in [-0.3, -0.25) is 4.79 Å². The molecular formula is C13H21N3OS. The van der Waals surface area contributed by atoms with Gasteiger partial charge < -0.3 is 11.1 Å². The van der Waals surface area contributed by atoms with Gasteiger partial charge in [0.15, 0.2) is 0 Å². The maximum atomic E-state index is 11.9. The van der Waals surface area contributed by atoms with Crippen LogP contribution in [0, 0.1) is 0 Å². The number of nitrogens with two attached hydrogens (primary N) is 1. The molecule has 4 nitrogen and oxygen atoms in total. The number of hydrogen-bond donors (Lipinski definition) is 2. The summed E-state index contributed by atoms with van der Waals surface area (Å²) in [6.07, 6.45) is 3.74. The number of carbonyl (C=O) groups is 1. The fourth-order valence-electron chi connectivity index (χ4n) is 1.59. The normalized spacial score (nSPS) is 13.9. The molecule has 0 aliphatic carbocycles. The standard InChI is InChI=1S/C13H21N3OS/c1-4-6-9(2)16-12(17)10(3)18-13-11(14)7-5-8-15-13/h5,7-10H,4,6,14H2,1-3H3,(H,16,17). The van der Waals surface area contributed by atoms with Crippen molar-refractivity contribution >= 4 is 23.4 Å². The number of pyridine rings is 1. The molecule has 5 heteroatoms. The topological polar surface area (TPSA) is 68.0 Å². The highest BCUT2D eigenvalue weighted by Crippen LogP contribution is 2.26. The average molecular weight is 267 g/mol. The summed E-state index contributed by atoms with van der Waals surface area (Å²) in [7, 11) is 0. The van der Waals surface area contributed by atoms with Crippen molar-refractivity contribution in [1.82, 2.24) is 10.3 Å². The lowest BCUT2D eigenvalue weighted by Crippen LogP contribution is -2.37. The number of nitrogens with one attached hydrogen (secondary N) is 1. The van der Waals surface area contributed by atoms with Crippen LogP contribution in [-0.2, 0) is 4.79 Å². The summed E-state index contributed by atoms with van der Waals surface area (Å²) in [6, 6.07) is 3.79. The van der Waals surface area contributed by atoms with Crippen molar-refractivity contribution in [2.75, 3.05) is 5.73 Å². The molecule has 0 aliphatic heterocycles. The third kappa shape index (κ3) is 4.56. The predicted molar refractivity (Wildman–Crippen MR) is 76.5 cm³/mol. The lowest BCUT2D eigenvalue weighted by Gasteiger charge is -2.16. The zero-order chi connectivity index (χ0) is 13.5. The molecule has 2 unspecified atom stereocenters. The van der Waals surface area contributed by atoms with Gasteiger partial charge in [-0.1, -0.05) is 25.1 Å². The summed E-state index contributed by atoms with van der Waals surface area (Å²) in [5, 5.41) is 3.51. The van der Waals surface area contributed by atoms with Crippen molar-refractivity contribution in [1.29, 1.82) is 0 Å². The Morgan fingerprint density at radius 3 is 2.89 bits per heavy atom. The molecule has 18 heavy (non-hydrogen) atoms. The molecular weight excluding hydrogens is 246 g/mol. The van der Waals surface area contributed by atoms with Crippen LogP contribution in [0.5, 0.6) is 0 Å². The maximum absolute atomic E-state index is 11.9. The Hall–Kier alpha value is -1.23. The Kier molecular flexibility index (Phi) is 5.98. The smallest absolute Gasteiger partial charge is 0.233 e. The van der Waals surface area contributed by atoms with E-state index < -0.39 is 0 Å². The largest absolute Gasteiger partial charge is 0.397 e. The molecule has 1 amide bonds. The lowest BCUT2D eigenvalue weighted by molar-refractivity contribution is -0.120. The van der Waals surface area contributed by atoms with E-state index in [1.807, 2.05) is 13.8 Å². The number of anilines is 1. The number of rotatable bonds is 6. The molecule has 3 N–H and O–H groups in total. The van der Waals surface area contributed by atoms with E-state index in [4.69, 9.17) is 5.73 Å². The molecule has 0 radical (unpaired) electrons. The second-order valence-corrected chi connectivity index (χ2v) is 5.69. The highest BCUT2D eigenvalue weighted by Gasteiger charge is 2.17. The van der Waals surface area contributed by atoms with E-state index >= 15 is 0 Å². The van der Waals surface area contributed by atoms with E-state index in [0.717, 1.165) is 12.8 Å². The average Bonchev–Trinajstić information content (AvgIpc) is 2.32. The zero-order valence-electron chi connectivity index (χ0n) is 11.1. The second-order valence-electron chi connectivity index (χ2n) is 4.36. The van der Waals surface area contributed by atoms with Crippen molar-refractivity contribution in [3.05, 3.63) is 18.3 Å². The number of nitrogens with zero attached hydrogens (tertiary/aromatic N) is 1. The van der Waals surface area contributed by atoms with Crippen molar-refractivity contribution < 1.29 is 4.79 Å². The molecule has 0 saturated heterocycles. The third-order valence-electron chi connectivity index (χ3n) is 2.57. The van der Waals surface area contributed by atoms with E-state index in [9.17, 15) is 4.79 Å². The van der Waals surface area contributed by atoms with Crippen molar-refractivity contribution in [3.63, 3.8) is 0 Å². The Bertz CT molecular complexity index is 398. The Morgan fingerprint density at radius 2 is 2.28 bits per heavy atom. The van der Waals surface area contributed by atoms with E-state index in [1.54, 1.807) is 18.3 Å². The van der Waals surface area contributed by atoms with Gasteiger partial charge in [-0.25, -0.2) is 4.98 Å². The van der Waals surface area contributed by atoms with E-state index in [1.165, 1.54) is 11.8 Å². The van der Waals surface area contributed by atoms with Gasteiger partial charge in [0.2, 0.25) is 5.91 Å². The SMILES string of the molecule is CCCC(C)NC(=O)C(C)Sc1ncccc1N. The summed E-state index contributed by atoms with van der Waals surface area (Å²) in [4.78, 5) is 16.1. The Balaban J connectivity index is 2.52. The highest BCUT2D eigenvalue weighted by atomic mass is 32.2. The molecule has 0 saturated carbocycles. The van der Waals surface area contributed by atoms with Crippen LogP contribution in [0.3, 0.4) is 0 Å². The van der Waals surface area contributed by atoms with Crippen molar-refractivity contribution in [2.24, 2.45) is 0 Å². The number of aromatic nitrogens is 1. The van der Waals surface area contributed by atoms with Crippen LogP contribution < -0.4 is 11.1 Å². The van der Waals surface area contributed by atoms with Gasteiger partial charge in [-0.2, -0.15) is 0 Å². The second kappa shape index (κ2) is 7.26. The summed E-state index contributed by atoms with van der Waals surface area (Å²) < 4.78 is 0. The van der Waals surface area contributed by atoms with Crippen LogP contribution in [-0.4, -0.2) is 22.2 Å². The van der Waals surface area contributed by atoms with Crippen LogP contribution >= 0.6 is 11.8 Å². The third-order valence-corrected chi connectivity index (χ3v) is 3.70. The number of amides is 1. The first-order valence-electron chi connectivity index (χ1n) is 6.22. The molecule has 0 aromatic carbocycles. The lowest BCUT2D eigenvalue weighted by atomic mass is 10.2. The Morgan fingerprint density at radius 1 is 1.56 bits per heavy atom. The minimum absolute atomic E-state index is 0.0333. The van der Waals surface area contributed by atoms with Crippen LogP contribution in [0.4, 0.5) is 5.69 Å². The van der Waals surface area contributed by atoms with Crippen molar-refractivity contribution in [3.8, 4) is 0 Å². The number of carbonyl (C=O) groups excluding carboxylic acids is 1. The van der Waals surface area contributed by atoms with E-state index in [-0.39, 0.29) is 17.2 Å². The van der Waals surface area contributed by atoms with Crippen LogP contribution in [0.15, 0.2) is 23.4 Å². The minimum Gasteiger partial charge on any atom is -0.397 e. The molecule has 0 fully saturated rings. The number of hydrogen-bond acceptors (Lipinski definition) is 4. The fourth-order valence-corrected chi connectivity index (χ4v) is 2.42. The van der Waals surface area contributed by atoms with Gasteiger partial charge >= 0.3 is 0 Å². The van der Waals surface area contributed by atoms with Gasteiger partial charge in [-0.05, 0) is 32.4 Å². The number of thioether (sulfide) groups is 1. The van der Waals surface area contributed by atoms with Gasteiger partial charge in [-0.15, -0.1) is 0 Å². The molecule has 0 spiro atoms. The monoisotopic (exact) mass is 267 g/mol. The summed E-state index contributed by atoms with van der Waals surface area (Å²) in [5.41, 5.74) is 6.42. The van der Waals surface area contributed by atoms with Gasteiger partial charge in [0, 0.05) is 12.2 Å². The molecule has 2 atom stereocenters. The quantitative estimate of drug-likeness (QED) is 0.777. The molecule has 1 aromatic rings. The van der Waals surface area contributed by atoms with Crippen LogP contribution in [0.2, 0.25) is 0 Å². The molecule has 100 valence electrons. The van der Waals surface area contributed by atoms with Gasteiger partial charge in [0.05, 0.1) is 10.9 Å². The zero-order valence-corrected chi connectivity index (χ0v) is 12.0. The highest BCUT2D eigenvalue weighted by molar-refractivity contribution is 8.00. The van der Waals surface area contributed by atoms with E-state index in [2.05, 4.69) is 17.2 Å². The first-order valence-corrected chi connectivity index (χ1v) is 7.10. The first kappa shape index (κ1) is 14.8. The summed E-state index contributed by atoms with van der Waals surface area (Å²) in [6.45, 7) is 6.00. The fraction of sp³-hybridized carbons (Fsp3) is 0.538. The predicted octanol–water partition coefficient (Wildman–Crippen LogP) is 2.45. The van der Waals surface area contributed by atoms with Gasteiger partial charge in [0.25, 0.3) is 0 Å². The minimum atomic E-state index is -0.193. The van der Waals surface area contributed by atoms with Gasteiger partial charge in [0.1, 0.15) is 5.03 Å². The molecule has 1 aromatic heterocycles. The molecule has 1 rings (SSSR count). The number of nitrogen functional groups attached to an aromatic ring is 1. The first-order chi connectivity index (χ1) is 8.54. The Labute approximate surface area is 113 Å². The van der Waals surface area contributed by atoms with Crippen LogP contribution in [0.1, 0.15) is 33.6 Å². The molecule has 1 heterocycles. The summed E-state index contributed by atoms with van der Waals surface area (Å²) >= 11 is 1.39. The maximum Gasteiger partial charge on any atom is 0.233 e. The van der Waals surface area contributed by atoms with Crippen molar-refractivity contribution in [2.45, 2.75) is 49.9 Å². The molecule has 0 bridgehead atoms. The molecule has 0 aliphatic rings. The summed E-state index contributed by atoms with van der Waals surface area (Å²) in [5.74, 6) is 0.0333. The van der Waals surface area contributed by atoms with E-state index in [0.29, 0.717) is 10.7 Å².